The van der Waals surface area contributed by atoms with Crippen LogP contribution in [0.2, 0.25) is 0 Å². The molecule has 0 spiro atoms. The number of carbonyl (C=O) groups is 3. The number of ether oxygens (including phenoxy) is 1. The highest BCUT2D eigenvalue weighted by atomic mass is 16.5. The number of esters is 1. The van der Waals surface area contributed by atoms with E-state index in [1.54, 1.807) is 0 Å². The highest BCUT2D eigenvalue weighted by Crippen LogP contribution is 2.25. The molecule has 0 radical (unpaired) electrons. The van der Waals surface area contributed by atoms with E-state index in [1.165, 1.54) is 7.11 Å². The van der Waals surface area contributed by atoms with E-state index in [4.69, 9.17) is 4.74 Å². The Balaban J connectivity index is 1.58. The number of carbonyl (C=O) groups excluding carboxylic acids is 3. The molecule has 30 heavy (non-hydrogen) atoms. The monoisotopic (exact) mass is 412 g/mol. The minimum absolute atomic E-state index is 0.0222. The summed E-state index contributed by atoms with van der Waals surface area (Å²) < 4.78 is 6.78. The molecule has 1 aromatic carbocycles. The largest absolute Gasteiger partial charge is 0.469 e. The van der Waals surface area contributed by atoms with Crippen LogP contribution >= 0.6 is 0 Å². The van der Waals surface area contributed by atoms with Gasteiger partial charge in [-0.2, -0.15) is 0 Å². The van der Waals surface area contributed by atoms with Gasteiger partial charge in [-0.15, -0.1) is 0 Å². The standard InChI is InChI=1S/C22H28N4O4/c1-30-21(28)12-19-22(29)23-8-11-25(19)13-16-14-26(18-7-3-2-6-17(16)18)15-20(27)24-9-4-5-10-24/h2-3,6-7,14,19H,4-5,8-13,15H2,1H3,(H,23,29)/t19-/m1/s1. The van der Waals surface area contributed by atoms with E-state index in [9.17, 15) is 14.4 Å². The number of hydrogen-bond acceptors (Lipinski definition) is 5. The van der Waals surface area contributed by atoms with Crippen molar-refractivity contribution >= 4 is 28.7 Å². The molecule has 8 nitrogen and oxygen atoms in total. The first-order valence-electron chi connectivity index (χ1n) is 10.5. The zero-order valence-electron chi connectivity index (χ0n) is 17.3. The molecule has 1 N–H and O–H groups in total. The first-order chi connectivity index (χ1) is 14.6. The van der Waals surface area contributed by atoms with Crippen LogP contribution in [0.5, 0.6) is 0 Å². The summed E-state index contributed by atoms with van der Waals surface area (Å²) in [7, 11) is 1.33. The van der Waals surface area contributed by atoms with E-state index >= 15 is 0 Å². The van der Waals surface area contributed by atoms with Crippen molar-refractivity contribution in [2.75, 3.05) is 33.3 Å². The molecule has 0 aliphatic carbocycles. The number of hydrogen-bond donors (Lipinski definition) is 1. The molecule has 160 valence electrons. The van der Waals surface area contributed by atoms with Crippen molar-refractivity contribution in [1.29, 1.82) is 0 Å². The molecule has 3 heterocycles. The Labute approximate surface area is 175 Å². The van der Waals surface area contributed by atoms with Gasteiger partial charge in [0, 0.05) is 49.8 Å². The molecular formula is C22H28N4O4. The molecule has 0 bridgehead atoms. The number of methoxy groups -OCH3 is 1. The van der Waals surface area contributed by atoms with Crippen molar-refractivity contribution in [1.82, 2.24) is 19.7 Å². The Kier molecular flexibility index (Phi) is 6.03. The molecule has 2 fully saturated rings. The number of benzene rings is 1. The number of para-hydroxylation sites is 1. The van der Waals surface area contributed by atoms with Crippen molar-refractivity contribution in [3.63, 3.8) is 0 Å². The van der Waals surface area contributed by atoms with Crippen LogP contribution in [-0.4, -0.2) is 71.5 Å². The molecule has 0 saturated carbocycles. The molecular weight excluding hydrogens is 384 g/mol. The van der Waals surface area contributed by atoms with Gasteiger partial charge in [-0.05, 0) is 24.5 Å². The number of nitrogens with one attached hydrogen (secondary N) is 1. The second-order valence-corrected chi connectivity index (χ2v) is 7.94. The van der Waals surface area contributed by atoms with Crippen LogP contribution in [-0.2, 0) is 32.2 Å². The van der Waals surface area contributed by atoms with Gasteiger partial charge in [-0.3, -0.25) is 19.3 Å². The highest BCUT2D eigenvalue weighted by Gasteiger charge is 2.32. The Morgan fingerprint density at radius 1 is 1.17 bits per heavy atom. The number of fused-ring (bicyclic) bond motifs is 1. The predicted molar refractivity (Wildman–Crippen MR) is 112 cm³/mol. The summed E-state index contributed by atoms with van der Waals surface area (Å²) in [6, 6.07) is 7.45. The zero-order chi connectivity index (χ0) is 21.1. The summed E-state index contributed by atoms with van der Waals surface area (Å²) in [5.41, 5.74) is 2.05. The minimum Gasteiger partial charge on any atom is -0.469 e. The molecule has 2 saturated heterocycles. The SMILES string of the molecule is COC(=O)C[C@@H]1C(=O)NCCN1Cc1cn(CC(=O)N2CCCC2)c2ccccc12. The maximum atomic E-state index is 12.7. The second kappa shape index (κ2) is 8.87. The van der Waals surface area contributed by atoms with E-state index < -0.39 is 12.0 Å². The summed E-state index contributed by atoms with van der Waals surface area (Å²) in [6.45, 7) is 3.71. The Morgan fingerprint density at radius 2 is 1.93 bits per heavy atom. The number of nitrogens with zero attached hydrogens (tertiary/aromatic N) is 3. The van der Waals surface area contributed by atoms with Crippen molar-refractivity contribution < 1.29 is 19.1 Å². The van der Waals surface area contributed by atoms with Crippen LogP contribution in [0.4, 0.5) is 0 Å². The maximum Gasteiger partial charge on any atom is 0.307 e. The van der Waals surface area contributed by atoms with Crippen LogP contribution in [0.1, 0.15) is 24.8 Å². The van der Waals surface area contributed by atoms with Crippen LogP contribution < -0.4 is 5.32 Å². The third kappa shape index (κ3) is 4.18. The van der Waals surface area contributed by atoms with Gasteiger partial charge in [0.05, 0.1) is 13.5 Å². The van der Waals surface area contributed by atoms with E-state index in [2.05, 4.69) is 5.32 Å². The summed E-state index contributed by atoms with van der Waals surface area (Å²) in [4.78, 5) is 40.8. The predicted octanol–water partition coefficient (Wildman–Crippen LogP) is 1.13. The van der Waals surface area contributed by atoms with Crippen LogP contribution in [0.3, 0.4) is 0 Å². The lowest BCUT2D eigenvalue weighted by Crippen LogP contribution is -2.55. The summed E-state index contributed by atoms with van der Waals surface area (Å²) in [6.07, 6.45) is 4.18. The third-order valence-corrected chi connectivity index (χ3v) is 6.04. The summed E-state index contributed by atoms with van der Waals surface area (Å²) in [5, 5.41) is 3.90. The summed E-state index contributed by atoms with van der Waals surface area (Å²) >= 11 is 0. The summed E-state index contributed by atoms with van der Waals surface area (Å²) in [5.74, 6) is -0.416. The van der Waals surface area contributed by atoms with E-state index in [0.717, 1.165) is 42.4 Å². The second-order valence-electron chi connectivity index (χ2n) is 7.94. The number of piperazine rings is 1. The van der Waals surface area contributed by atoms with Gasteiger partial charge in [0.15, 0.2) is 0 Å². The Morgan fingerprint density at radius 3 is 2.70 bits per heavy atom. The van der Waals surface area contributed by atoms with Gasteiger partial charge in [0.25, 0.3) is 0 Å². The maximum absolute atomic E-state index is 12.7. The third-order valence-electron chi connectivity index (χ3n) is 6.04. The molecule has 1 aromatic heterocycles. The molecule has 2 amide bonds. The van der Waals surface area contributed by atoms with Gasteiger partial charge in [0.1, 0.15) is 12.6 Å². The average molecular weight is 412 g/mol. The zero-order valence-corrected chi connectivity index (χ0v) is 17.3. The van der Waals surface area contributed by atoms with Gasteiger partial charge < -0.3 is 19.5 Å². The van der Waals surface area contributed by atoms with Crippen molar-refractivity contribution in [2.24, 2.45) is 0 Å². The number of aromatic nitrogens is 1. The van der Waals surface area contributed by atoms with Crippen LogP contribution in [0.15, 0.2) is 30.5 Å². The van der Waals surface area contributed by atoms with Crippen LogP contribution in [0, 0.1) is 0 Å². The fourth-order valence-electron chi connectivity index (χ4n) is 4.43. The van der Waals surface area contributed by atoms with Crippen molar-refractivity contribution in [3.05, 3.63) is 36.0 Å². The fraction of sp³-hybridized carbons (Fsp3) is 0.500. The van der Waals surface area contributed by atoms with Gasteiger partial charge >= 0.3 is 5.97 Å². The Hall–Kier alpha value is -2.87. The topological polar surface area (TPSA) is 83.9 Å². The molecule has 2 aromatic rings. The molecule has 2 aliphatic heterocycles. The Bertz CT molecular complexity index is 948. The molecule has 4 rings (SSSR count). The smallest absolute Gasteiger partial charge is 0.307 e. The van der Waals surface area contributed by atoms with Gasteiger partial charge in [0.2, 0.25) is 11.8 Å². The molecule has 0 unspecified atom stereocenters. The molecule has 8 heteroatoms. The normalized spacial score (nSPS) is 19.8. The lowest BCUT2D eigenvalue weighted by molar-refractivity contribution is -0.146. The lowest BCUT2D eigenvalue weighted by atomic mass is 10.1. The first kappa shape index (κ1) is 20.4. The molecule has 1 atom stereocenters. The quantitative estimate of drug-likeness (QED) is 0.719. The number of amides is 2. The minimum atomic E-state index is -0.556. The van der Waals surface area contributed by atoms with E-state index in [0.29, 0.717) is 26.2 Å². The van der Waals surface area contributed by atoms with Gasteiger partial charge in [-0.1, -0.05) is 18.2 Å². The van der Waals surface area contributed by atoms with E-state index in [-0.39, 0.29) is 18.2 Å². The van der Waals surface area contributed by atoms with Gasteiger partial charge in [-0.25, -0.2) is 0 Å². The average Bonchev–Trinajstić information content (AvgIpc) is 3.40. The van der Waals surface area contributed by atoms with Crippen molar-refractivity contribution in [2.45, 2.75) is 38.4 Å². The van der Waals surface area contributed by atoms with Crippen molar-refractivity contribution in [3.8, 4) is 0 Å². The fourth-order valence-corrected chi connectivity index (χ4v) is 4.43. The first-order valence-corrected chi connectivity index (χ1v) is 10.5. The molecule has 2 aliphatic rings. The number of likely N-dealkylation sites (tertiary alicyclic amines) is 1. The van der Waals surface area contributed by atoms with Crippen LogP contribution in [0.25, 0.3) is 10.9 Å². The number of rotatable bonds is 6. The lowest BCUT2D eigenvalue weighted by Gasteiger charge is -2.34. The van der Waals surface area contributed by atoms with E-state index in [1.807, 2.05) is 44.8 Å². The highest BCUT2D eigenvalue weighted by molar-refractivity contribution is 5.88.